The number of rotatable bonds is 4. The van der Waals surface area contributed by atoms with Gasteiger partial charge >= 0.3 is 0 Å². The maximum atomic E-state index is 13.0. The van der Waals surface area contributed by atoms with E-state index in [0.29, 0.717) is 6.42 Å². The average Bonchev–Trinajstić information content (AvgIpc) is 2.28. The average molecular weight is 265 g/mol. The minimum Gasteiger partial charge on any atom is -0.347 e. The van der Waals surface area contributed by atoms with Crippen LogP contribution in [-0.2, 0) is 4.79 Å². The molecule has 19 heavy (non-hydrogen) atoms. The molecule has 100 valence electrons. The van der Waals surface area contributed by atoms with E-state index in [1.165, 1.54) is 6.07 Å². The van der Waals surface area contributed by atoms with Crippen molar-refractivity contribution in [1.29, 1.82) is 0 Å². The summed E-state index contributed by atoms with van der Waals surface area (Å²) in [5, 5.41) is 2.86. The molecule has 0 saturated heterocycles. The van der Waals surface area contributed by atoms with E-state index in [2.05, 4.69) is 5.32 Å². The molecular weight excluding hydrogens is 252 g/mol. The number of hydrogen-bond acceptors (Lipinski definition) is 2. The van der Waals surface area contributed by atoms with Gasteiger partial charge in [0.1, 0.15) is 6.29 Å². The highest BCUT2D eigenvalue weighted by molar-refractivity contribution is 5.95. The van der Waals surface area contributed by atoms with Gasteiger partial charge in [-0.25, -0.2) is 8.78 Å². The van der Waals surface area contributed by atoms with Crippen LogP contribution in [0.3, 0.4) is 0 Å². The minimum absolute atomic E-state index is 0.0864. The first-order valence-corrected chi connectivity index (χ1v) is 6.19. The van der Waals surface area contributed by atoms with Crippen LogP contribution >= 0.6 is 0 Å². The van der Waals surface area contributed by atoms with Gasteiger partial charge in [0.05, 0.1) is 0 Å². The first kappa shape index (κ1) is 12.3. The van der Waals surface area contributed by atoms with Crippen molar-refractivity contribution in [3.63, 3.8) is 0 Å². The zero-order valence-electron chi connectivity index (χ0n) is 10.2. The number of nitrogens with one attached hydrogen (secondary N) is 1. The topological polar surface area (TPSA) is 46.2 Å². The summed E-state index contributed by atoms with van der Waals surface area (Å²) in [7, 11) is 0. The van der Waals surface area contributed by atoms with Crippen LogP contribution in [0.4, 0.5) is 8.78 Å². The summed E-state index contributed by atoms with van der Waals surface area (Å²) in [6, 6.07) is 3.11. The Morgan fingerprint density at radius 3 is 2.53 bits per heavy atom. The highest BCUT2D eigenvalue weighted by Gasteiger charge is 2.67. The monoisotopic (exact) mass is 265 g/mol. The van der Waals surface area contributed by atoms with Gasteiger partial charge in [-0.05, 0) is 42.9 Å². The molecule has 0 heterocycles. The molecule has 1 aromatic rings. The molecule has 3 nitrogen and oxygen atoms in total. The fourth-order valence-corrected chi connectivity index (χ4v) is 3.47. The van der Waals surface area contributed by atoms with Gasteiger partial charge in [-0.1, -0.05) is 0 Å². The third-order valence-electron chi connectivity index (χ3n) is 4.22. The molecule has 2 bridgehead atoms. The maximum Gasteiger partial charge on any atom is 0.251 e. The van der Waals surface area contributed by atoms with E-state index in [-0.39, 0.29) is 16.5 Å². The number of amides is 1. The highest BCUT2D eigenvalue weighted by Crippen LogP contribution is 2.68. The Kier molecular flexibility index (Phi) is 2.49. The Morgan fingerprint density at radius 2 is 1.95 bits per heavy atom. The van der Waals surface area contributed by atoms with Crippen LogP contribution in [0.2, 0.25) is 0 Å². The molecule has 0 aliphatic heterocycles. The number of benzene rings is 1. The molecule has 0 unspecified atom stereocenters. The van der Waals surface area contributed by atoms with Gasteiger partial charge in [-0.15, -0.1) is 0 Å². The summed E-state index contributed by atoms with van der Waals surface area (Å²) in [5.41, 5.74) is -0.0262. The zero-order valence-corrected chi connectivity index (χ0v) is 10.2. The van der Waals surface area contributed by atoms with Crippen molar-refractivity contribution in [1.82, 2.24) is 5.32 Å². The fraction of sp³-hybridized carbons (Fsp3) is 0.429. The maximum absolute atomic E-state index is 13.0. The van der Waals surface area contributed by atoms with E-state index in [1.54, 1.807) is 0 Å². The number of halogens is 2. The molecule has 5 heteroatoms. The molecule has 4 rings (SSSR count). The molecule has 0 spiro atoms. The van der Waals surface area contributed by atoms with E-state index < -0.39 is 17.5 Å². The molecule has 3 saturated carbocycles. The highest BCUT2D eigenvalue weighted by atomic mass is 19.2. The summed E-state index contributed by atoms with van der Waals surface area (Å²) in [4.78, 5) is 22.4. The van der Waals surface area contributed by atoms with E-state index in [9.17, 15) is 18.4 Å². The lowest BCUT2D eigenvalue weighted by Gasteiger charge is -2.70. The quantitative estimate of drug-likeness (QED) is 0.848. The molecule has 1 aromatic carbocycles. The van der Waals surface area contributed by atoms with E-state index >= 15 is 0 Å². The first-order chi connectivity index (χ1) is 8.98. The molecule has 0 aromatic heterocycles. The summed E-state index contributed by atoms with van der Waals surface area (Å²) >= 11 is 0. The summed E-state index contributed by atoms with van der Waals surface area (Å²) in [5.74, 6) is -2.38. The predicted octanol–water partition coefficient (Wildman–Crippen LogP) is 2.21. The van der Waals surface area contributed by atoms with Crippen LogP contribution in [0.25, 0.3) is 0 Å². The SMILES string of the molecule is O=CCC12CC(NC(=O)c3ccc(F)c(F)c3)(C1)C2. The predicted molar refractivity (Wildman–Crippen MR) is 63.5 cm³/mol. The summed E-state index contributed by atoms with van der Waals surface area (Å²) in [6.07, 6.45) is 3.85. The van der Waals surface area contributed by atoms with Gasteiger partial charge in [0.25, 0.3) is 5.91 Å². The Bertz CT molecular complexity index is 551. The third kappa shape index (κ3) is 1.84. The normalized spacial score (nSPS) is 31.1. The molecule has 3 aliphatic carbocycles. The standard InChI is InChI=1S/C14H13F2NO2/c15-10-2-1-9(5-11(10)16)12(19)17-14-6-13(7-14,8-14)3-4-18/h1-2,4-5H,3,6-8H2,(H,17,19). The lowest BCUT2D eigenvalue weighted by molar-refractivity contribution is -0.155. The molecule has 3 fully saturated rings. The van der Waals surface area contributed by atoms with Crippen molar-refractivity contribution in [3.8, 4) is 0 Å². The lowest BCUT2D eigenvalue weighted by atomic mass is 9.38. The molecule has 1 N–H and O–H groups in total. The molecule has 0 atom stereocenters. The third-order valence-corrected chi connectivity index (χ3v) is 4.22. The second-order valence-corrected chi connectivity index (χ2v) is 5.76. The minimum atomic E-state index is -1.03. The van der Waals surface area contributed by atoms with Crippen LogP contribution in [0, 0.1) is 17.0 Å². The molecule has 0 radical (unpaired) electrons. The number of aldehydes is 1. The van der Waals surface area contributed by atoms with Gasteiger partial charge in [0.2, 0.25) is 0 Å². The van der Waals surface area contributed by atoms with E-state index in [4.69, 9.17) is 0 Å². The number of hydrogen-bond donors (Lipinski definition) is 1. The van der Waals surface area contributed by atoms with Gasteiger partial charge < -0.3 is 10.1 Å². The lowest BCUT2D eigenvalue weighted by Crippen LogP contribution is -2.74. The Hall–Kier alpha value is -1.78. The fourth-order valence-electron chi connectivity index (χ4n) is 3.47. The van der Waals surface area contributed by atoms with Gasteiger partial charge in [0, 0.05) is 17.5 Å². The Balaban J connectivity index is 1.64. The summed E-state index contributed by atoms with van der Waals surface area (Å²) in [6.45, 7) is 0. The van der Waals surface area contributed by atoms with Gasteiger partial charge in [0.15, 0.2) is 11.6 Å². The first-order valence-electron chi connectivity index (χ1n) is 6.19. The van der Waals surface area contributed by atoms with Crippen LogP contribution < -0.4 is 5.32 Å². The van der Waals surface area contributed by atoms with Crippen molar-refractivity contribution >= 4 is 12.2 Å². The van der Waals surface area contributed by atoms with E-state index in [1.807, 2.05) is 0 Å². The molecule has 1 amide bonds. The Labute approximate surface area is 109 Å². The summed E-state index contributed by atoms with van der Waals surface area (Å²) < 4.78 is 25.8. The largest absolute Gasteiger partial charge is 0.347 e. The van der Waals surface area contributed by atoms with Crippen molar-refractivity contribution < 1.29 is 18.4 Å². The van der Waals surface area contributed by atoms with Gasteiger partial charge in [-0.2, -0.15) is 0 Å². The second kappa shape index (κ2) is 3.85. The van der Waals surface area contributed by atoms with Crippen molar-refractivity contribution in [2.75, 3.05) is 0 Å². The van der Waals surface area contributed by atoms with Gasteiger partial charge in [-0.3, -0.25) is 4.79 Å². The van der Waals surface area contributed by atoms with Crippen LogP contribution in [0.1, 0.15) is 36.0 Å². The van der Waals surface area contributed by atoms with Crippen LogP contribution in [0.5, 0.6) is 0 Å². The molecular formula is C14H13F2NO2. The van der Waals surface area contributed by atoms with Crippen LogP contribution in [-0.4, -0.2) is 17.7 Å². The van der Waals surface area contributed by atoms with Crippen LogP contribution in [0.15, 0.2) is 18.2 Å². The van der Waals surface area contributed by atoms with Crippen molar-refractivity contribution in [2.45, 2.75) is 31.2 Å². The van der Waals surface area contributed by atoms with E-state index in [0.717, 1.165) is 37.7 Å². The van der Waals surface area contributed by atoms with Crippen molar-refractivity contribution in [3.05, 3.63) is 35.4 Å². The smallest absolute Gasteiger partial charge is 0.251 e. The number of carbonyl (C=O) groups excluding carboxylic acids is 2. The molecule has 3 aliphatic rings. The number of carbonyl (C=O) groups is 2. The van der Waals surface area contributed by atoms with Crippen molar-refractivity contribution in [2.24, 2.45) is 5.41 Å². The Morgan fingerprint density at radius 1 is 1.26 bits per heavy atom. The zero-order chi connectivity index (χ0) is 13.7. The second-order valence-electron chi connectivity index (χ2n) is 5.76.